The van der Waals surface area contributed by atoms with E-state index in [-0.39, 0.29) is 0 Å². The highest BCUT2D eigenvalue weighted by molar-refractivity contribution is 7.13. The van der Waals surface area contributed by atoms with E-state index in [0.29, 0.717) is 22.6 Å². The molecule has 0 N–H and O–H groups in total. The number of rotatable bonds is 4. The lowest BCUT2D eigenvalue weighted by Gasteiger charge is -2.14. The Hall–Kier alpha value is -3.00. The van der Waals surface area contributed by atoms with Gasteiger partial charge < -0.3 is 9.30 Å². The van der Waals surface area contributed by atoms with Crippen molar-refractivity contribution in [3.63, 3.8) is 0 Å². The Labute approximate surface area is 176 Å². The second kappa shape index (κ2) is 8.02. The van der Waals surface area contributed by atoms with E-state index in [0.717, 1.165) is 35.6 Å². The summed E-state index contributed by atoms with van der Waals surface area (Å²) in [5.41, 5.74) is 1.61. The van der Waals surface area contributed by atoms with Crippen molar-refractivity contribution in [3.05, 3.63) is 71.9 Å². The van der Waals surface area contributed by atoms with Crippen molar-refractivity contribution in [1.82, 2.24) is 13.5 Å². The number of benzene rings is 2. The van der Waals surface area contributed by atoms with Gasteiger partial charge in [0.05, 0.1) is 28.6 Å². The first-order valence-corrected chi connectivity index (χ1v) is 10.1. The van der Waals surface area contributed by atoms with Crippen LogP contribution in [0, 0.1) is 0 Å². The number of hydrogen-bond donors (Lipinski definition) is 0. The van der Waals surface area contributed by atoms with Crippen LogP contribution in [0.25, 0.3) is 21.7 Å². The van der Waals surface area contributed by atoms with Crippen LogP contribution in [0.5, 0.6) is 5.75 Å². The Morgan fingerprint density at radius 1 is 1.07 bits per heavy atom. The summed E-state index contributed by atoms with van der Waals surface area (Å²) in [6.45, 7) is 0.645. The number of aromatic nitrogens is 3. The van der Waals surface area contributed by atoms with Gasteiger partial charge in [0.1, 0.15) is 5.75 Å². The van der Waals surface area contributed by atoms with Gasteiger partial charge in [-0.2, -0.15) is 13.2 Å². The SMILES string of the molecule is COc1ccc(CCn2cccc3n(C)sc4ccc(C(F)(F)F)cc4nc2-3)cc1. The molecule has 156 valence electrons. The van der Waals surface area contributed by atoms with Crippen molar-refractivity contribution in [2.24, 2.45) is 7.05 Å². The van der Waals surface area contributed by atoms with Crippen LogP contribution in [-0.2, 0) is 26.2 Å². The third-order valence-corrected chi connectivity index (χ3v) is 5.92. The smallest absolute Gasteiger partial charge is 0.416 e. The van der Waals surface area contributed by atoms with Crippen molar-refractivity contribution in [3.8, 4) is 17.3 Å². The van der Waals surface area contributed by atoms with Gasteiger partial charge in [-0.3, -0.25) is 3.96 Å². The number of halogens is 3. The molecular formula is C22H20F3N3OS. The van der Waals surface area contributed by atoms with E-state index in [9.17, 15) is 13.2 Å². The summed E-state index contributed by atoms with van der Waals surface area (Å²) in [4.78, 5) is 4.65. The minimum atomic E-state index is -4.41. The molecule has 2 aliphatic heterocycles. The van der Waals surface area contributed by atoms with Crippen molar-refractivity contribution >= 4 is 21.7 Å². The molecule has 2 aromatic carbocycles. The fourth-order valence-corrected chi connectivity index (χ4v) is 4.15. The quantitative estimate of drug-likeness (QED) is 0.401. The number of fused-ring (bicyclic) bond motifs is 2. The minimum Gasteiger partial charge on any atom is -0.497 e. The Kier molecular flexibility index (Phi) is 5.42. The lowest BCUT2D eigenvalue weighted by atomic mass is 10.1. The van der Waals surface area contributed by atoms with Crippen molar-refractivity contribution in [2.75, 3.05) is 7.11 Å². The standard InChI is InChI=1S/C22H20F3N3OS/c1-27-19-4-3-12-28(13-11-15-5-8-17(29-2)9-6-15)21(19)26-18-14-16(22(23,24)25)7-10-20(18)30-27/h3-10,12,14H,11,13H2,1-2H3. The third-order valence-electron chi connectivity index (χ3n) is 4.91. The summed E-state index contributed by atoms with van der Waals surface area (Å²) < 4.78 is 49.4. The molecule has 0 bridgehead atoms. The predicted octanol–water partition coefficient (Wildman–Crippen LogP) is 5.94. The average molecular weight is 431 g/mol. The molecular weight excluding hydrogens is 411 g/mol. The van der Waals surface area contributed by atoms with E-state index in [1.807, 2.05) is 58.2 Å². The van der Waals surface area contributed by atoms with Crippen LogP contribution in [0.3, 0.4) is 0 Å². The topological polar surface area (TPSA) is 32.0 Å². The largest absolute Gasteiger partial charge is 0.497 e. The molecule has 2 aliphatic rings. The molecule has 2 heterocycles. The van der Waals surface area contributed by atoms with Gasteiger partial charge >= 0.3 is 6.18 Å². The minimum absolute atomic E-state index is 0.324. The molecule has 30 heavy (non-hydrogen) atoms. The summed E-state index contributed by atoms with van der Waals surface area (Å²) >= 11 is 1.37. The fraction of sp³-hybridized carbons (Fsp3) is 0.227. The van der Waals surface area contributed by atoms with Crippen LogP contribution >= 0.6 is 11.5 Å². The molecule has 0 saturated carbocycles. The Morgan fingerprint density at radius 2 is 1.83 bits per heavy atom. The van der Waals surface area contributed by atoms with Gasteiger partial charge in [0.15, 0.2) is 5.82 Å². The van der Waals surface area contributed by atoms with Gasteiger partial charge in [-0.1, -0.05) is 23.7 Å². The van der Waals surface area contributed by atoms with Crippen LogP contribution in [0.2, 0.25) is 0 Å². The number of methoxy groups -OCH3 is 1. The number of aryl methyl sites for hydroxylation is 3. The molecule has 4 nitrogen and oxygen atoms in total. The summed E-state index contributed by atoms with van der Waals surface area (Å²) in [5, 5.41) is 0. The third kappa shape index (κ3) is 4.14. The van der Waals surface area contributed by atoms with E-state index in [1.165, 1.54) is 17.6 Å². The van der Waals surface area contributed by atoms with Crippen LogP contribution in [0.1, 0.15) is 11.1 Å². The zero-order valence-corrected chi connectivity index (χ0v) is 17.3. The molecule has 2 aromatic rings. The van der Waals surface area contributed by atoms with Crippen molar-refractivity contribution in [2.45, 2.75) is 19.1 Å². The molecule has 4 rings (SSSR count). The maximum absolute atomic E-state index is 13.2. The number of nitrogens with zero attached hydrogens (tertiary/aromatic N) is 3. The van der Waals surface area contributed by atoms with Gasteiger partial charge in [-0.05, 0) is 54.4 Å². The number of pyridine rings is 1. The van der Waals surface area contributed by atoms with Gasteiger partial charge in [-0.15, -0.1) is 0 Å². The first-order valence-electron chi connectivity index (χ1n) is 9.35. The van der Waals surface area contributed by atoms with Crippen molar-refractivity contribution < 1.29 is 17.9 Å². The molecule has 0 amide bonds. The first kappa shape index (κ1) is 20.3. The summed E-state index contributed by atoms with van der Waals surface area (Å²) in [7, 11) is 3.52. The van der Waals surface area contributed by atoms with Gasteiger partial charge in [-0.25, -0.2) is 4.98 Å². The van der Waals surface area contributed by atoms with Crippen molar-refractivity contribution in [1.29, 1.82) is 0 Å². The molecule has 0 aromatic heterocycles. The highest BCUT2D eigenvalue weighted by Gasteiger charge is 2.30. The molecule has 0 spiro atoms. The number of alkyl halides is 3. The van der Waals surface area contributed by atoms with E-state index < -0.39 is 11.7 Å². The molecule has 0 aliphatic carbocycles. The van der Waals surface area contributed by atoms with Crippen LogP contribution in [0.4, 0.5) is 13.2 Å². The predicted molar refractivity (Wildman–Crippen MR) is 113 cm³/mol. The molecule has 0 fully saturated rings. The van der Waals surface area contributed by atoms with E-state index in [1.54, 1.807) is 7.11 Å². The van der Waals surface area contributed by atoms with Crippen LogP contribution in [0.15, 0.2) is 60.8 Å². The van der Waals surface area contributed by atoms with Crippen LogP contribution < -0.4 is 4.74 Å². The summed E-state index contributed by atoms with van der Waals surface area (Å²) in [5.74, 6) is 1.43. The number of hydrogen-bond acceptors (Lipinski definition) is 3. The average Bonchev–Trinajstić information content (AvgIpc) is 2.87. The normalized spacial score (nSPS) is 11.8. The Balaban J connectivity index is 1.77. The highest BCUT2D eigenvalue weighted by atomic mass is 32.1. The van der Waals surface area contributed by atoms with E-state index in [2.05, 4.69) is 4.98 Å². The fourth-order valence-electron chi connectivity index (χ4n) is 3.29. The lowest BCUT2D eigenvalue weighted by Crippen LogP contribution is -2.09. The van der Waals surface area contributed by atoms with Crippen LogP contribution in [-0.4, -0.2) is 20.6 Å². The molecule has 0 saturated heterocycles. The molecule has 0 radical (unpaired) electrons. The molecule has 0 unspecified atom stereocenters. The highest BCUT2D eigenvalue weighted by Crippen LogP contribution is 2.33. The Morgan fingerprint density at radius 3 is 2.53 bits per heavy atom. The van der Waals surface area contributed by atoms with Gasteiger partial charge in [0, 0.05) is 19.8 Å². The summed E-state index contributed by atoms with van der Waals surface area (Å²) in [6.07, 6.45) is -1.74. The summed E-state index contributed by atoms with van der Waals surface area (Å²) in [6, 6.07) is 15.4. The monoisotopic (exact) mass is 431 g/mol. The van der Waals surface area contributed by atoms with Gasteiger partial charge in [0.25, 0.3) is 0 Å². The van der Waals surface area contributed by atoms with E-state index >= 15 is 0 Å². The lowest BCUT2D eigenvalue weighted by molar-refractivity contribution is -0.137. The Bertz CT molecular complexity index is 1190. The second-order valence-electron chi connectivity index (χ2n) is 6.89. The second-order valence-corrected chi connectivity index (χ2v) is 8.06. The van der Waals surface area contributed by atoms with Gasteiger partial charge in [0.2, 0.25) is 0 Å². The van der Waals surface area contributed by atoms with E-state index in [4.69, 9.17) is 4.74 Å². The zero-order chi connectivity index (χ0) is 21.3. The maximum Gasteiger partial charge on any atom is 0.416 e. The zero-order valence-electron chi connectivity index (χ0n) is 16.5. The first-order chi connectivity index (χ1) is 14.3. The number of ether oxygens (including phenoxy) is 1. The molecule has 8 heteroatoms. The molecule has 0 atom stereocenters. The maximum atomic E-state index is 13.2.